The van der Waals surface area contributed by atoms with Gasteiger partial charge in [-0.3, -0.25) is 4.79 Å². The molecule has 0 saturated heterocycles. The van der Waals surface area contributed by atoms with Crippen molar-refractivity contribution in [1.82, 2.24) is 0 Å². The van der Waals surface area contributed by atoms with Crippen molar-refractivity contribution in [2.24, 2.45) is 0 Å². The van der Waals surface area contributed by atoms with E-state index in [1.165, 1.54) is 0 Å². The molecule has 0 bridgehead atoms. The van der Waals surface area contributed by atoms with Gasteiger partial charge in [-0.05, 0) is 13.0 Å². The molecule has 0 saturated carbocycles. The van der Waals surface area contributed by atoms with Gasteiger partial charge in [0, 0.05) is 13.4 Å². The summed E-state index contributed by atoms with van der Waals surface area (Å²) < 4.78 is 0. The summed E-state index contributed by atoms with van der Waals surface area (Å²) in [6, 6.07) is 7.69. The van der Waals surface area contributed by atoms with Crippen molar-refractivity contribution >= 4 is 5.78 Å². The summed E-state index contributed by atoms with van der Waals surface area (Å²) in [6.45, 7) is 3.87. The molecule has 0 fully saturated rings. The van der Waals surface area contributed by atoms with Crippen LogP contribution in [0.5, 0.6) is 0 Å². The minimum atomic E-state index is 0. The quantitative estimate of drug-likeness (QED) is 0.592. The summed E-state index contributed by atoms with van der Waals surface area (Å²) in [7, 11) is 0. The third-order valence-electron chi connectivity index (χ3n) is 1.66. The Bertz CT molecular complexity index is 268. The fourth-order valence-electron chi connectivity index (χ4n) is 1.02. The molecule has 0 atom stereocenters. The molecular weight excluding hydrogens is 136 g/mol. The van der Waals surface area contributed by atoms with Crippen LogP contribution in [0.25, 0.3) is 0 Å². The smallest absolute Gasteiger partial charge is 0.162 e. The summed E-state index contributed by atoms with van der Waals surface area (Å²) in [5, 5.41) is 0. The second kappa shape index (κ2) is 3.33. The minimum absolute atomic E-state index is 0. The fraction of sp³-hybridized carbons (Fsp3) is 0.300. The SMILES string of the molecule is CCC(=O)c1cccc(C)c1.[HH]. The first-order valence-electron chi connectivity index (χ1n) is 3.84. The third-order valence-corrected chi connectivity index (χ3v) is 1.66. The molecule has 1 heteroatoms. The van der Waals surface area contributed by atoms with Gasteiger partial charge in [0.2, 0.25) is 0 Å². The zero-order valence-corrected chi connectivity index (χ0v) is 6.92. The summed E-state index contributed by atoms with van der Waals surface area (Å²) in [5.74, 6) is 0.216. The van der Waals surface area contributed by atoms with Gasteiger partial charge in [-0.2, -0.15) is 0 Å². The maximum atomic E-state index is 11.2. The van der Waals surface area contributed by atoms with E-state index in [4.69, 9.17) is 0 Å². The van der Waals surface area contributed by atoms with Gasteiger partial charge in [0.25, 0.3) is 0 Å². The Balaban J connectivity index is 0.00000121. The highest BCUT2D eigenvalue weighted by Gasteiger charge is 2.00. The predicted molar refractivity (Wildman–Crippen MR) is 47.9 cm³/mol. The van der Waals surface area contributed by atoms with E-state index >= 15 is 0 Å². The largest absolute Gasteiger partial charge is 0.294 e. The van der Waals surface area contributed by atoms with Crippen LogP contribution in [0.15, 0.2) is 24.3 Å². The molecule has 11 heavy (non-hydrogen) atoms. The Morgan fingerprint density at radius 2 is 2.27 bits per heavy atom. The molecule has 0 aromatic heterocycles. The number of carbonyl (C=O) groups is 1. The Hall–Kier alpha value is -1.11. The van der Waals surface area contributed by atoms with Crippen LogP contribution in [0.1, 0.15) is 30.7 Å². The third kappa shape index (κ3) is 1.90. The molecule has 0 amide bonds. The molecule has 60 valence electrons. The number of aryl methyl sites for hydroxylation is 1. The van der Waals surface area contributed by atoms with Crippen molar-refractivity contribution < 1.29 is 6.22 Å². The molecule has 0 N–H and O–H groups in total. The van der Waals surface area contributed by atoms with Crippen molar-refractivity contribution in [2.75, 3.05) is 0 Å². The molecular formula is C10H14O. The highest BCUT2D eigenvalue weighted by Crippen LogP contribution is 2.05. The molecule has 0 spiro atoms. The Labute approximate surface area is 68.5 Å². The average Bonchev–Trinajstić information content (AvgIpc) is 2.03. The van der Waals surface area contributed by atoms with Crippen molar-refractivity contribution in [1.29, 1.82) is 0 Å². The lowest BCUT2D eigenvalue weighted by Crippen LogP contribution is -1.95. The van der Waals surface area contributed by atoms with Crippen molar-refractivity contribution in [3.8, 4) is 0 Å². The van der Waals surface area contributed by atoms with E-state index in [9.17, 15) is 4.79 Å². The normalized spacial score (nSPS) is 9.64. The zero-order chi connectivity index (χ0) is 8.27. The molecule has 1 nitrogen and oxygen atoms in total. The van der Waals surface area contributed by atoms with Crippen LogP contribution in [0, 0.1) is 6.92 Å². The lowest BCUT2D eigenvalue weighted by Gasteiger charge is -1.97. The summed E-state index contributed by atoms with van der Waals surface area (Å²) >= 11 is 0. The van der Waals surface area contributed by atoms with Crippen LogP contribution in [-0.2, 0) is 0 Å². The van der Waals surface area contributed by atoms with Gasteiger partial charge in [-0.15, -0.1) is 0 Å². The number of hydrogen-bond acceptors (Lipinski definition) is 1. The number of carbonyl (C=O) groups excluding carboxylic acids is 1. The standard InChI is InChI=1S/C10H12O.H2/c1-3-10(11)9-6-4-5-8(2)7-9;/h4-7H,3H2,1-2H3;1H. The summed E-state index contributed by atoms with van der Waals surface area (Å²) in [4.78, 5) is 11.2. The van der Waals surface area contributed by atoms with Crippen LogP contribution in [0.3, 0.4) is 0 Å². The van der Waals surface area contributed by atoms with Crippen LogP contribution >= 0.6 is 0 Å². The predicted octanol–water partition coefficient (Wildman–Crippen LogP) is 2.83. The number of benzene rings is 1. The van der Waals surface area contributed by atoms with Gasteiger partial charge in [-0.25, -0.2) is 0 Å². The van der Waals surface area contributed by atoms with Crippen LogP contribution in [0.2, 0.25) is 0 Å². The number of hydrogen-bond donors (Lipinski definition) is 0. The Morgan fingerprint density at radius 3 is 2.82 bits per heavy atom. The number of Topliss-reactive ketones (excluding diaryl/α,β-unsaturated/α-hetero) is 1. The van der Waals surface area contributed by atoms with E-state index in [0.717, 1.165) is 11.1 Å². The Kier molecular flexibility index (Phi) is 2.42. The van der Waals surface area contributed by atoms with E-state index in [0.29, 0.717) is 6.42 Å². The minimum Gasteiger partial charge on any atom is -0.294 e. The van der Waals surface area contributed by atoms with Gasteiger partial charge < -0.3 is 0 Å². The first kappa shape index (κ1) is 7.99. The molecule has 0 radical (unpaired) electrons. The topological polar surface area (TPSA) is 17.1 Å². The van der Waals surface area contributed by atoms with Crippen LogP contribution < -0.4 is 0 Å². The van der Waals surface area contributed by atoms with E-state index in [2.05, 4.69) is 0 Å². The van der Waals surface area contributed by atoms with E-state index in [-0.39, 0.29) is 7.21 Å². The molecule has 0 aliphatic heterocycles. The average molecular weight is 150 g/mol. The first-order valence-corrected chi connectivity index (χ1v) is 3.84. The summed E-state index contributed by atoms with van der Waals surface area (Å²) in [6.07, 6.45) is 0.587. The zero-order valence-electron chi connectivity index (χ0n) is 6.92. The van der Waals surface area contributed by atoms with Crippen molar-refractivity contribution in [2.45, 2.75) is 20.3 Å². The van der Waals surface area contributed by atoms with Gasteiger partial charge in [-0.1, -0.05) is 30.7 Å². The first-order chi connectivity index (χ1) is 5.24. The fourth-order valence-corrected chi connectivity index (χ4v) is 1.02. The lowest BCUT2D eigenvalue weighted by molar-refractivity contribution is 0.0988. The lowest BCUT2D eigenvalue weighted by atomic mass is 10.1. The number of ketones is 1. The molecule has 1 aromatic rings. The molecule has 1 aromatic carbocycles. The second-order valence-corrected chi connectivity index (χ2v) is 2.65. The number of rotatable bonds is 2. The molecule has 0 aliphatic carbocycles. The van der Waals surface area contributed by atoms with E-state index in [1.54, 1.807) is 0 Å². The van der Waals surface area contributed by atoms with Crippen molar-refractivity contribution in [3.63, 3.8) is 0 Å². The molecule has 1 rings (SSSR count). The molecule has 0 unspecified atom stereocenters. The summed E-state index contributed by atoms with van der Waals surface area (Å²) in [5.41, 5.74) is 1.97. The van der Waals surface area contributed by atoms with Gasteiger partial charge in [0.1, 0.15) is 0 Å². The monoisotopic (exact) mass is 150 g/mol. The van der Waals surface area contributed by atoms with E-state index in [1.807, 2.05) is 38.1 Å². The maximum Gasteiger partial charge on any atom is 0.162 e. The van der Waals surface area contributed by atoms with Gasteiger partial charge in [0.05, 0.1) is 0 Å². The van der Waals surface area contributed by atoms with Crippen molar-refractivity contribution in [3.05, 3.63) is 35.4 Å². The van der Waals surface area contributed by atoms with E-state index < -0.39 is 0 Å². The molecule has 0 heterocycles. The maximum absolute atomic E-state index is 11.2. The van der Waals surface area contributed by atoms with Crippen LogP contribution in [-0.4, -0.2) is 5.78 Å². The van der Waals surface area contributed by atoms with Gasteiger partial charge in [0.15, 0.2) is 5.78 Å². The van der Waals surface area contributed by atoms with Gasteiger partial charge >= 0.3 is 0 Å². The highest BCUT2D eigenvalue weighted by atomic mass is 16.1. The molecule has 0 aliphatic rings. The second-order valence-electron chi connectivity index (χ2n) is 2.65. The highest BCUT2D eigenvalue weighted by molar-refractivity contribution is 5.95. The van der Waals surface area contributed by atoms with Crippen LogP contribution in [0.4, 0.5) is 0 Å². The Morgan fingerprint density at radius 1 is 1.55 bits per heavy atom.